The van der Waals surface area contributed by atoms with E-state index in [-0.39, 0.29) is 36.3 Å². The Bertz CT molecular complexity index is 837. The van der Waals surface area contributed by atoms with Crippen LogP contribution in [0.1, 0.15) is 44.6 Å². The van der Waals surface area contributed by atoms with Crippen LogP contribution in [0.25, 0.3) is 0 Å². The molecule has 168 valence electrons. The Morgan fingerprint density at radius 3 is 2.84 bits per heavy atom. The molecule has 2 fully saturated rings. The third-order valence-electron chi connectivity index (χ3n) is 6.40. The van der Waals surface area contributed by atoms with E-state index < -0.39 is 5.41 Å². The minimum Gasteiger partial charge on any atom is -0.466 e. The maximum atomic E-state index is 13.2. The van der Waals surface area contributed by atoms with E-state index in [1.807, 2.05) is 0 Å². The van der Waals surface area contributed by atoms with Crippen LogP contribution in [-0.4, -0.2) is 61.5 Å². The van der Waals surface area contributed by atoms with Gasteiger partial charge in [0.2, 0.25) is 5.91 Å². The molecule has 0 radical (unpaired) electrons. The lowest BCUT2D eigenvalue weighted by Crippen LogP contribution is -2.53. The quantitative estimate of drug-likeness (QED) is 0.646. The zero-order valence-corrected chi connectivity index (χ0v) is 17.8. The Balaban J connectivity index is 1.47. The van der Waals surface area contributed by atoms with Crippen LogP contribution in [0.2, 0.25) is 0 Å². The van der Waals surface area contributed by atoms with Gasteiger partial charge in [0.1, 0.15) is 11.9 Å². The standard InChI is InChI=1S/C23H29FN2O5/c1-2-30-22(28)23(9-3-10-26(15-23)21(27)17-8-11-29-14-17)13-19-12-20(25-31-19)16-4-6-18(24)7-5-16/h4-7,17,19H,2-3,8-15H2,1H3/t17-,19+,23+/m1/s1. The maximum Gasteiger partial charge on any atom is 0.314 e. The van der Waals surface area contributed by atoms with Crippen LogP contribution in [0, 0.1) is 17.2 Å². The van der Waals surface area contributed by atoms with E-state index in [9.17, 15) is 14.0 Å². The van der Waals surface area contributed by atoms with Gasteiger partial charge in [-0.15, -0.1) is 0 Å². The van der Waals surface area contributed by atoms with Crippen molar-refractivity contribution in [3.8, 4) is 0 Å². The molecule has 0 bridgehead atoms. The van der Waals surface area contributed by atoms with Crippen molar-refractivity contribution in [1.29, 1.82) is 0 Å². The van der Waals surface area contributed by atoms with Crippen molar-refractivity contribution in [3.05, 3.63) is 35.6 Å². The number of benzene rings is 1. The SMILES string of the molecule is CCOC(=O)[C@]1(C[C@@H]2CC(c3ccc(F)cc3)=NO2)CCCN(C(=O)[C@@H]2CCOC2)C1. The van der Waals surface area contributed by atoms with Crippen LogP contribution in [-0.2, 0) is 23.9 Å². The van der Waals surface area contributed by atoms with Gasteiger partial charge in [-0.3, -0.25) is 9.59 Å². The maximum absolute atomic E-state index is 13.2. The van der Waals surface area contributed by atoms with Gasteiger partial charge in [0, 0.05) is 32.5 Å². The Morgan fingerprint density at radius 1 is 1.32 bits per heavy atom. The highest BCUT2D eigenvalue weighted by atomic mass is 19.1. The summed E-state index contributed by atoms with van der Waals surface area (Å²) in [5.74, 6) is -0.662. The molecule has 1 aromatic rings. The molecule has 3 aliphatic heterocycles. The van der Waals surface area contributed by atoms with Crippen LogP contribution in [0.4, 0.5) is 4.39 Å². The Labute approximate surface area is 181 Å². The van der Waals surface area contributed by atoms with Gasteiger partial charge in [0.05, 0.1) is 30.3 Å². The van der Waals surface area contributed by atoms with Crippen LogP contribution in [0.5, 0.6) is 0 Å². The molecule has 31 heavy (non-hydrogen) atoms. The minimum absolute atomic E-state index is 0.0569. The molecule has 0 aromatic heterocycles. The number of amides is 1. The normalized spacial score (nSPS) is 28.2. The summed E-state index contributed by atoms with van der Waals surface area (Å²) in [5, 5.41) is 4.18. The molecule has 1 amide bonds. The molecule has 3 heterocycles. The fourth-order valence-electron chi connectivity index (χ4n) is 4.79. The topological polar surface area (TPSA) is 77.4 Å². The number of likely N-dealkylation sites (tertiary alicyclic amines) is 1. The molecule has 0 N–H and O–H groups in total. The molecule has 0 unspecified atom stereocenters. The number of oxime groups is 1. The van der Waals surface area contributed by atoms with Crippen molar-refractivity contribution in [2.45, 2.75) is 45.1 Å². The van der Waals surface area contributed by atoms with Gasteiger partial charge in [0.15, 0.2) is 0 Å². The summed E-state index contributed by atoms with van der Waals surface area (Å²) in [6.45, 7) is 4.09. The highest BCUT2D eigenvalue weighted by molar-refractivity contribution is 6.01. The number of rotatable bonds is 6. The number of ether oxygens (including phenoxy) is 2. The van der Waals surface area contributed by atoms with Gasteiger partial charge < -0.3 is 19.2 Å². The van der Waals surface area contributed by atoms with Crippen molar-refractivity contribution >= 4 is 17.6 Å². The first kappa shape index (κ1) is 21.7. The number of hydrogen-bond acceptors (Lipinski definition) is 6. The zero-order valence-electron chi connectivity index (χ0n) is 17.8. The lowest BCUT2D eigenvalue weighted by molar-refractivity contribution is -0.164. The first-order valence-corrected chi connectivity index (χ1v) is 11.0. The molecule has 0 aliphatic carbocycles. The molecule has 8 heteroatoms. The predicted octanol–water partition coefficient (Wildman–Crippen LogP) is 2.92. The molecule has 1 aromatic carbocycles. The van der Waals surface area contributed by atoms with Gasteiger partial charge in [0.25, 0.3) is 0 Å². The zero-order chi connectivity index (χ0) is 21.8. The molecule has 2 saturated heterocycles. The molecular formula is C23H29FN2O5. The molecule has 0 saturated carbocycles. The molecule has 4 rings (SSSR count). The highest BCUT2D eigenvalue weighted by Gasteiger charge is 2.48. The summed E-state index contributed by atoms with van der Waals surface area (Å²) >= 11 is 0. The number of esters is 1. The van der Waals surface area contributed by atoms with Crippen LogP contribution < -0.4 is 0 Å². The van der Waals surface area contributed by atoms with Gasteiger partial charge in [-0.05, 0) is 43.9 Å². The van der Waals surface area contributed by atoms with E-state index in [0.717, 1.165) is 24.1 Å². The van der Waals surface area contributed by atoms with Crippen molar-refractivity contribution in [1.82, 2.24) is 4.90 Å². The third kappa shape index (κ3) is 4.74. The second kappa shape index (κ2) is 9.34. The molecule has 3 atom stereocenters. The van der Waals surface area contributed by atoms with E-state index in [0.29, 0.717) is 45.6 Å². The summed E-state index contributed by atoms with van der Waals surface area (Å²) in [4.78, 5) is 33.5. The summed E-state index contributed by atoms with van der Waals surface area (Å²) < 4.78 is 24.0. The number of carbonyl (C=O) groups is 2. The Kier molecular flexibility index (Phi) is 6.55. The van der Waals surface area contributed by atoms with Crippen molar-refractivity contribution in [2.24, 2.45) is 16.5 Å². The van der Waals surface area contributed by atoms with Gasteiger partial charge >= 0.3 is 5.97 Å². The van der Waals surface area contributed by atoms with Gasteiger partial charge in [-0.1, -0.05) is 17.3 Å². The minimum atomic E-state index is -0.818. The number of carbonyl (C=O) groups excluding carboxylic acids is 2. The first-order valence-electron chi connectivity index (χ1n) is 11.0. The first-order chi connectivity index (χ1) is 15.0. The van der Waals surface area contributed by atoms with Crippen molar-refractivity contribution in [3.63, 3.8) is 0 Å². The lowest BCUT2D eigenvalue weighted by atomic mass is 9.74. The van der Waals surface area contributed by atoms with E-state index in [1.54, 1.807) is 24.0 Å². The summed E-state index contributed by atoms with van der Waals surface area (Å²) in [5.41, 5.74) is 0.716. The van der Waals surface area contributed by atoms with Crippen LogP contribution in [0.15, 0.2) is 29.4 Å². The number of hydrogen-bond donors (Lipinski definition) is 0. The predicted molar refractivity (Wildman–Crippen MR) is 111 cm³/mol. The van der Waals surface area contributed by atoms with Gasteiger partial charge in [-0.2, -0.15) is 0 Å². The lowest BCUT2D eigenvalue weighted by Gasteiger charge is -2.42. The van der Waals surface area contributed by atoms with E-state index >= 15 is 0 Å². The third-order valence-corrected chi connectivity index (χ3v) is 6.40. The van der Waals surface area contributed by atoms with Gasteiger partial charge in [-0.25, -0.2) is 4.39 Å². The second-order valence-electron chi connectivity index (χ2n) is 8.61. The number of piperidine rings is 1. The summed E-state index contributed by atoms with van der Waals surface area (Å²) in [6, 6.07) is 6.13. The molecule has 0 spiro atoms. The summed E-state index contributed by atoms with van der Waals surface area (Å²) in [7, 11) is 0. The number of halogens is 1. The average Bonchev–Trinajstić information content (AvgIpc) is 3.47. The van der Waals surface area contributed by atoms with Crippen molar-refractivity contribution < 1.29 is 28.3 Å². The summed E-state index contributed by atoms with van der Waals surface area (Å²) in [6.07, 6.45) is 2.75. The van der Waals surface area contributed by atoms with Crippen molar-refractivity contribution in [2.75, 3.05) is 32.9 Å². The largest absolute Gasteiger partial charge is 0.466 e. The monoisotopic (exact) mass is 432 g/mol. The fourth-order valence-corrected chi connectivity index (χ4v) is 4.79. The number of nitrogens with zero attached hydrogens (tertiary/aromatic N) is 2. The second-order valence-corrected chi connectivity index (χ2v) is 8.61. The fraction of sp³-hybridized carbons (Fsp3) is 0.609. The van der Waals surface area contributed by atoms with Crippen LogP contribution in [0.3, 0.4) is 0 Å². The Hall–Kier alpha value is -2.48. The van der Waals surface area contributed by atoms with E-state index in [1.165, 1.54) is 12.1 Å². The molecule has 7 nitrogen and oxygen atoms in total. The highest BCUT2D eigenvalue weighted by Crippen LogP contribution is 2.39. The van der Waals surface area contributed by atoms with E-state index in [2.05, 4.69) is 5.16 Å². The smallest absolute Gasteiger partial charge is 0.314 e. The average molecular weight is 432 g/mol. The molecule has 3 aliphatic rings. The van der Waals surface area contributed by atoms with Crippen LogP contribution >= 0.6 is 0 Å². The van der Waals surface area contributed by atoms with E-state index in [4.69, 9.17) is 14.3 Å². The Morgan fingerprint density at radius 2 is 2.13 bits per heavy atom. The molecular weight excluding hydrogens is 403 g/mol.